The SMILES string of the molecule is Cc1ccc([C@H](NCCc2ccccc2)c2cccc([N+](=O)[O-])c2)cc1C. The molecule has 3 aromatic rings. The molecule has 0 aliphatic carbocycles. The number of hydrogen-bond acceptors (Lipinski definition) is 3. The van der Waals surface area contributed by atoms with Crippen LogP contribution in [0.1, 0.15) is 33.9 Å². The van der Waals surface area contributed by atoms with Crippen molar-refractivity contribution in [3.63, 3.8) is 0 Å². The van der Waals surface area contributed by atoms with Crippen molar-refractivity contribution in [2.45, 2.75) is 26.3 Å². The lowest BCUT2D eigenvalue weighted by Crippen LogP contribution is -2.25. The molecule has 0 saturated carbocycles. The maximum absolute atomic E-state index is 11.2. The third-order valence-electron chi connectivity index (χ3n) is 4.88. The fourth-order valence-electron chi connectivity index (χ4n) is 3.20. The van der Waals surface area contributed by atoms with Gasteiger partial charge in [0.2, 0.25) is 0 Å². The first-order valence-corrected chi connectivity index (χ1v) is 9.13. The van der Waals surface area contributed by atoms with E-state index in [1.54, 1.807) is 12.1 Å². The summed E-state index contributed by atoms with van der Waals surface area (Å²) >= 11 is 0. The van der Waals surface area contributed by atoms with Crippen LogP contribution in [0, 0.1) is 24.0 Å². The molecule has 0 unspecified atom stereocenters. The Hall–Kier alpha value is -2.98. The van der Waals surface area contributed by atoms with Gasteiger partial charge in [-0.15, -0.1) is 0 Å². The zero-order valence-electron chi connectivity index (χ0n) is 15.7. The van der Waals surface area contributed by atoms with E-state index in [2.05, 4.69) is 49.5 Å². The van der Waals surface area contributed by atoms with E-state index in [1.165, 1.54) is 22.8 Å². The van der Waals surface area contributed by atoms with Gasteiger partial charge in [0.15, 0.2) is 0 Å². The van der Waals surface area contributed by atoms with Crippen molar-refractivity contribution in [1.82, 2.24) is 5.32 Å². The minimum atomic E-state index is -0.342. The molecule has 3 aromatic carbocycles. The topological polar surface area (TPSA) is 55.2 Å². The summed E-state index contributed by atoms with van der Waals surface area (Å²) in [5.74, 6) is 0. The molecule has 138 valence electrons. The molecule has 0 aliphatic heterocycles. The Morgan fingerprint density at radius 1 is 0.889 bits per heavy atom. The quantitative estimate of drug-likeness (QED) is 0.469. The van der Waals surface area contributed by atoms with Crippen molar-refractivity contribution < 1.29 is 4.92 Å². The van der Waals surface area contributed by atoms with Crippen molar-refractivity contribution in [3.8, 4) is 0 Å². The molecule has 1 N–H and O–H groups in total. The van der Waals surface area contributed by atoms with Crippen molar-refractivity contribution in [2.24, 2.45) is 0 Å². The van der Waals surface area contributed by atoms with Crippen LogP contribution in [-0.2, 0) is 6.42 Å². The second kappa shape index (κ2) is 8.60. The van der Waals surface area contributed by atoms with E-state index < -0.39 is 0 Å². The van der Waals surface area contributed by atoms with Crippen molar-refractivity contribution in [3.05, 3.63) is 111 Å². The second-order valence-electron chi connectivity index (χ2n) is 6.82. The summed E-state index contributed by atoms with van der Waals surface area (Å²) in [6.45, 7) is 4.96. The summed E-state index contributed by atoms with van der Waals surface area (Å²) in [5, 5.41) is 14.8. The molecule has 0 bridgehead atoms. The summed E-state index contributed by atoms with van der Waals surface area (Å²) in [6, 6.07) is 23.5. The third-order valence-corrected chi connectivity index (χ3v) is 4.88. The Morgan fingerprint density at radius 2 is 1.63 bits per heavy atom. The number of aryl methyl sites for hydroxylation is 2. The standard InChI is InChI=1S/C23H24N2O2/c1-17-11-12-21(15-18(17)2)23(20-9-6-10-22(16-20)25(26)27)24-14-13-19-7-4-3-5-8-19/h3-12,15-16,23-24H,13-14H2,1-2H3/t23-/m1/s1. The molecule has 0 saturated heterocycles. The van der Waals surface area contributed by atoms with Gasteiger partial charge in [0.25, 0.3) is 5.69 Å². The Balaban J connectivity index is 1.87. The zero-order chi connectivity index (χ0) is 19.2. The molecule has 0 spiro atoms. The van der Waals surface area contributed by atoms with Crippen molar-refractivity contribution in [1.29, 1.82) is 0 Å². The van der Waals surface area contributed by atoms with Gasteiger partial charge in [-0.3, -0.25) is 10.1 Å². The second-order valence-corrected chi connectivity index (χ2v) is 6.82. The highest BCUT2D eigenvalue weighted by molar-refractivity contribution is 5.42. The molecule has 0 fully saturated rings. The highest BCUT2D eigenvalue weighted by Crippen LogP contribution is 2.26. The van der Waals surface area contributed by atoms with Gasteiger partial charge in [0, 0.05) is 18.7 Å². The first-order chi connectivity index (χ1) is 13.0. The lowest BCUT2D eigenvalue weighted by atomic mass is 9.95. The molecule has 0 heterocycles. The summed E-state index contributed by atoms with van der Waals surface area (Å²) in [4.78, 5) is 10.9. The number of non-ortho nitro benzene ring substituents is 1. The van der Waals surface area contributed by atoms with Crippen LogP contribution in [0.2, 0.25) is 0 Å². The molecule has 4 nitrogen and oxygen atoms in total. The third kappa shape index (κ3) is 4.80. The molecule has 27 heavy (non-hydrogen) atoms. The molecule has 0 amide bonds. The van der Waals surface area contributed by atoms with Crippen LogP contribution < -0.4 is 5.32 Å². The van der Waals surface area contributed by atoms with E-state index in [4.69, 9.17) is 0 Å². The van der Waals surface area contributed by atoms with Gasteiger partial charge in [-0.1, -0.05) is 60.7 Å². The van der Waals surface area contributed by atoms with Crippen LogP contribution in [0.4, 0.5) is 5.69 Å². The van der Waals surface area contributed by atoms with Crippen molar-refractivity contribution in [2.75, 3.05) is 6.54 Å². The smallest absolute Gasteiger partial charge is 0.269 e. The van der Waals surface area contributed by atoms with Gasteiger partial charge in [-0.25, -0.2) is 0 Å². The van der Waals surface area contributed by atoms with Crippen LogP contribution in [0.15, 0.2) is 72.8 Å². The lowest BCUT2D eigenvalue weighted by molar-refractivity contribution is -0.384. The number of nitro groups is 1. The normalized spacial score (nSPS) is 11.9. The molecule has 0 aliphatic rings. The Morgan fingerprint density at radius 3 is 2.33 bits per heavy atom. The monoisotopic (exact) mass is 360 g/mol. The van der Waals surface area contributed by atoms with E-state index in [0.717, 1.165) is 24.1 Å². The Labute approximate surface area is 160 Å². The molecule has 0 aromatic heterocycles. The van der Waals surface area contributed by atoms with Crippen LogP contribution >= 0.6 is 0 Å². The van der Waals surface area contributed by atoms with Gasteiger partial charge in [-0.05, 0) is 48.1 Å². The maximum atomic E-state index is 11.2. The summed E-state index contributed by atoms with van der Waals surface area (Å²) in [5.41, 5.74) is 5.86. The van der Waals surface area contributed by atoms with Crippen LogP contribution in [0.5, 0.6) is 0 Å². The van der Waals surface area contributed by atoms with Gasteiger partial charge in [-0.2, -0.15) is 0 Å². The minimum absolute atomic E-state index is 0.0899. The average Bonchev–Trinajstić information content (AvgIpc) is 2.68. The number of nitrogens with zero attached hydrogens (tertiary/aromatic N) is 1. The predicted octanol–water partition coefficient (Wildman–Crippen LogP) is 5.13. The number of rotatable bonds is 7. The van der Waals surface area contributed by atoms with Gasteiger partial charge in [0.05, 0.1) is 11.0 Å². The number of benzene rings is 3. The lowest BCUT2D eigenvalue weighted by Gasteiger charge is -2.21. The van der Waals surface area contributed by atoms with Crippen LogP contribution in [-0.4, -0.2) is 11.5 Å². The van der Waals surface area contributed by atoms with Crippen molar-refractivity contribution >= 4 is 5.69 Å². The van der Waals surface area contributed by atoms with E-state index in [9.17, 15) is 10.1 Å². The molecular weight excluding hydrogens is 336 g/mol. The van der Waals surface area contributed by atoms with Gasteiger partial charge < -0.3 is 5.32 Å². The maximum Gasteiger partial charge on any atom is 0.269 e. The molecule has 3 rings (SSSR count). The predicted molar refractivity (Wildman–Crippen MR) is 109 cm³/mol. The highest BCUT2D eigenvalue weighted by Gasteiger charge is 2.17. The van der Waals surface area contributed by atoms with E-state index in [0.29, 0.717) is 0 Å². The summed E-state index contributed by atoms with van der Waals surface area (Å²) in [7, 11) is 0. The number of nitrogens with one attached hydrogen (secondary N) is 1. The first-order valence-electron chi connectivity index (χ1n) is 9.13. The Bertz CT molecular complexity index is 923. The van der Waals surface area contributed by atoms with E-state index >= 15 is 0 Å². The summed E-state index contributed by atoms with van der Waals surface area (Å²) < 4.78 is 0. The largest absolute Gasteiger partial charge is 0.306 e. The molecule has 1 atom stereocenters. The average molecular weight is 360 g/mol. The van der Waals surface area contributed by atoms with E-state index in [1.807, 2.05) is 24.3 Å². The van der Waals surface area contributed by atoms with Crippen LogP contribution in [0.3, 0.4) is 0 Å². The highest BCUT2D eigenvalue weighted by atomic mass is 16.6. The van der Waals surface area contributed by atoms with E-state index in [-0.39, 0.29) is 16.7 Å². The van der Waals surface area contributed by atoms with Gasteiger partial charge >= 0.3 is 0 Å². The fraction of sp³-hybridized carbons (Fsp3) is 0.217. The number of nitro benzene ring substituents is 1. The van der Waals surface area contributed by atoms with Crippen LogP contribution in [0.25, 0.3) is 0 Å². The van der Waals surface area contributed by atoms with Gasteiger partial charge in [0.1, 0.15) is 0 Å². The molecule has 4 heteroatoms. The molecule has 0 radical (unpaired) electrons. The molecular formula is C23H24N2O2. The number of hydrogen-bond donors (Lipinski definition) is 1. The Kier molecular flexibility index (Phi) is 5.99. The fourth-order valence-corrected chi connectivity index (χ4v) is 3.20. The minimum Gasteiger partial charge on any atom is -0.306 e. The zero-order valence-corrected chi connectivity index (χ0v) is 15.7. The summed E-state index contributed by atoms with van der Waals surface area (Å²) in [6.07, 6.45) is 0.900. The first kappa shape index (κ1) is 18.8.